The highest BCUT2D eigenvalue weighted by Gasteiger charge is 2.21. The number of rotatable bonds is 6. The fourth-order valence-electron chi connectivity index (χ4n) is 1.44. The van der Waals surface area contributed by atoms with Crippen LogP contribution in [0, 0.1) is 5.92 Å². The van der Waals surface area contributed by atoms with Gasteiger partial charge < -0.3 is 10.4 Å². The van der Waals surface area contributed by atoms with Crippen molar-refractivity contribution >= 4 is 5.91 Å². The molecule has 1 rings (SSSR count). The number of carbonyl (C=O) groups excluding carboxylic acids is 1. The second kappa shape index (κ2) is 5.82. The van der Waals surface area contributed by atoms with Gasteiger partial charge in [-0.2, -0.15) is 5.10 Å². The Morgan fingerprint density at radius 3 is 2.88 bits per heavy atom. The van der Waals surface area contributed by atoms with E-state index in [9.17, 15) is 9.90 Å². The number of carbonyl (C=O) groups is 1. The standard InChI is InChI=1S/C12H21N3O2/c1-9(2)4-6-12(3,17)8-13-11(16)10-5-7-14-15-10/h5,7,9,17H,4,6,8H2,1-3H3,(H,13,16)(H,14,15). The van der Waals surface area contributed by atoms with Gasteiger partial charge in [-0.25, -0.2) is 0 Å². The van der Waals surface area contributed by atoms with Crippen molar-refractivity contribution in [2.45, 2.75) is 39.2 Å². The highest BCUT2D eigenvalue weighted by molar-refractivity contribution is 5.92. The molecule has 5 heteroatoms. The van der Waals surface area contributed by atoms with Crippen molar-refractivity contribution in [2.24, 2.45) is 5.92 Å². The summed E-state index contributed by atoms with van der Waals surface area (Å²) >= 11 is 0. The van der Waals surface area contributed by atoms with E-state index >= 15 is 0 Å². The predicted octanol–water partition coefficient (Wildman–Crippen LogP) is 1.33. The molecular weight excluding hydrogens is 218 g/mol. The van der Waals surface area contributed by atoms with Crippen LogP contribution < -0.4 is 5.32 Å². The molecule has 0 spiro atoms. The number of nitrogens with zero attached hydrogens (tertiary/aromatic N) is 1. The summed E-state index contributed by atoms with van der Waals surface area (Å²) in [6, 6.07) is 1.60. The Morgan fingerprint density at radius 2 is 2.35 bits per heavy atom. The van der Waals surface area contributed by atoms with Gasteiger partial charge in [0.05, 0.1) is 5.60 Å². The van der Waals surface area contributed by atoms with Crippen LogP contribution in [0.2, 0.25) is 0 Å². The number of aliphatic hydroxyl groups is 1. The van der Waals surface area contributed by atoms with Crippen LogP contribution in [0.1, 0.15) is 44.1 Å². The highest BCUT2D eigenvalue weighted by atomic mass is 16.3. The average Bonchev–Trinajstić information content (AvgIpc) is 2.77. The van der Waals surface area contributed by atoms with E-state index in [1.54, 1.807) is 13.0 Å². The molecule has 3 N–H and O–H groups in total. The van der Waals surface area contributed by atoms with Gasteiger partial charge >= 0.3 is 0 Å². The Balaban J connectivity index is 2.36. The van der Waals surface area contributed by atoms with Crippen molar-refractivity contribution in [3.63, 3.8) is 0 Å². The van der Waals surface area contributed by atoms with Gasteiger partial charge in [0.25, 0.3) is 5.91 Å². The molecule has 0 saturated heterocycles. The van der Waals surface area contributed by atoms with Crippen LogP contribution in [0.15, 0.2) is 12.3 Å². The molecule has 0 aliphatic heterocycles. The van der Waals surface area contributed by atoms with Gasteiger partial charge in [0.15, 0.2) is 0 Å². The quantitative estimate of drug-likeness (QED) is 0.700. The maximum atomic E-state index is 11.6. The summed E-state index contributed by atoms with van der Waals surface area (Å²) in [5, 5.41) is 19.0. The van der Waals surface area contributed by atoms with Crippen molar-refractivity contribution in [3.05, 3.63) is 18.0 Å². The SMILES string of the molecule is CC(C)CCC(C)(O)CNC(=O)c1ccn[nH]1. The number of H-pyrrole nitrogens is 1. The number of hydrogen-bond donors (Lipinski definition) is 3. The van der Waals surface area contributed by atoms with Gasteiger partial charge in [-0.3, -0.25) is 9.89 Å². The maximum absolute atomic E-state index is 11.6. The Morgan fingerprint density at radius 1 is 1.65 bits per heavy atom. The Kier molecular flexibility index (Phi) is 4.69. The summed E-state index contributed by atoms with van der Waals surface area (Å²) in [5.74, 6) is 0.303. The monoisotopic (exact) mass is 239 g/mol. The molecule has 1 unspecified atom stereocenters. The van der Waals surface area contributed by atoms with Crippen LogP contribution in [0.25, 0.3) is 0 Å². The summed E-state index contributed by atoms with van der Waals surface area (Å²) in [4.78, 5) is 11.6. The molecule has 1 amide bonds. The second-order valence-electron chi connectivity index (χ2n) is 5.08. The fraction of sp³-hybridized carbons (Fsp3) is 0.667. The van der Waals surface area contributed by atoms with Gasteiger partial charge in [-0.05, 0) is 31.7 Å². The normalized spacial score (nSPS) is 14.6. The van der Waals surface area contributed by atoms with E-state index < -0.39 is 5.60 Å². The molecule has 0 bridgehead atoms. The zero-order valence-corrected chi connectivity index (χ0v) is 10.7. The zero-order valence-electron chi connectivity index (χ0n) is 10.7. The van der Waals surface area contributed by atoms with Gasteiger partial charge in [-0.15, -0.1) is 0 Å². The summed E-state index contributed by atoms with van der Waals surface area (Å²) in [6.07, 6.45) is 3.13. The van der Waals surface area contributed by atoms with Crippen LogP contribution in [0.3, 0.4) is 0 Å². The lowest BCUT2D eigenvalue weighted by Crippen LogP contribution is -2.40. The lowest BCUT2D eigenvalue weighted by Gasteiger charge is -2.24. The minimum absolute atomic E-state index is 0.243. The van der Waals surface area contributed by atoms with E-state index in [0.717, 1.165) is 6.42 Å². The summed E-state index contributed by atoms with van der Waals surface area (Å²) in [5.41, 5.74) is -0.454. The van der Waals surface area contributed by atoms with Crippen LogP contribution >= 0.6 is 0 Å². The van der Waals surface area contributed by atoms with Crippen LogP contribution in [-0.4, -0.2) is 33.4 Å². The molecular formula is C12H21N3O2. The Bertz CT molecular complexity index is 345. The van der Waals surface area contributed by atoms with Crippen molar-refractivity contribution in [1.82, 2.24) is 15.5 Å². The minimum atomic E-state index is -0.861. The van der Waals surface area contributed by atoms with Crippen LogP contribution in [0.5, 0.6) is 0 Å². The molecule has 96 valence electrons. The van der Waals surface area contributed by atoms with E-state index in [4.69, 9.17) is 0 Å². The van der Waals surface area contributed by atoms with E-state index in [2.05, 4.69) is 29.4 Å². The lowest BCUT2D eigenvalue weighted by molar-refractivity contribution is 0.0428. The van der Waals surface area contributed by atoms with Gasteiger partial charge in [0.1, 0.15) is 5.69 Å². The third-order valence-corrected chi connectivity index (χ3v) is 2.64. The van der Waals surface area contributed by atoms with Crippen molar-refractivity contribution in [3.8, 4) is 0 Å². The molecule has 0 aromatic carbocycles. The van der Waals surface area contributed by atoms with Gasteiger partial charge in [0, 0.05) is 12.7 Å². The van der Waals surface area contributed by atoms with Gasteiger partial charge in [-0.1, -0.05) is 13.8 Å². The van der Waals surface area contributed by atoms with Crippen molar-refractivity contribution < 1.29 is 9.90 Å². The first-order chi connectivity index (χ1) is 7.91. The number of nitrogens with one attached hydrogen (secondary N) is 2. The molecule has 0 fully saturated rings. The molecule has 1 heterocycles. The van der Waals surface area contributed by atoms with E-state index in [-0.39, 0.29) is 12.5 Å². The topological polar surface area (TPSA) is 78.0 Å². The van der Waals surface area contributed by atoms with Crippen LogP contribution in [0.4, 0.5) is 0 Å². The smallest absolute Gasteiger partial charge is 0.269 e. The Labute approximate surface area is 102 Å². The molecule has 0 radical (unpaired) electrons. The zero-order chi connectivity index (χ0) is 12.9. The third kappa shape index (κ3) is 4.99. The van der Waals surface area contributed by atoms with Gasteiger partial charge in [0.2, 0.25) is 0 Å². The molecule has 0 aliphatic rings. The summed E-state index contributed by atoms with van der Waals surface area (Å²) < 4.78 is 0. The third-order valence-electron chi connectivity index (χ3n) is 2.64. The number of hydrogen-bond acceptors (Lipinski definition) is 3. The number of aromatic amines is 1. The lowest BCUT2D eigenvalue weighted by atomic mass is 9.95. The molecule has 0 aliphatic carbocycles. The first-order valence-electron chi connectivity index (χ1n) is 5.91. The second-order valence-corrected chi connectivity index (χ2v) is 5.08. The van der Waals surface area contributed by atoms with Crippen LogP contribution in [-0.2, 0) is 0 Å². The minimum Gasteiger partial charge on any atom is -0.388 e. The van der Waals surface area contributed by atoms with Crippen molar-refractivity contribution in [2.75, 3.05) is 6.54 Å². The van der Waals surface area contributed by atoms with E-state index in [1.807, 2.05) is 0 Å². The molecule has 5 nitrogen and oxygen atoms in total. The van der Waals surface area contributed by atoms with E-state index in [1.165, 1.54) is 6.20 Å². The molecule has 1 aromatic rings. The molecule has 0 saturated carbocycles. The fourth-order valence-corrected chi connectivity index (χ4v) is 1.44. The first kappa shape index (κ1) is 13.7. The number of amides is 1. The summed E-state index contributed by atoms with van der Waals surface area (Å²) in [6.45, 7) is 6.21. The van der Waals surface area contributed by atoms with Crippen molar-refractivity contribution in [1.29, 1.82) is 0 Å². The molecule has 17 heavy (non-hydrogen) atoms. The summed E-state index contributed by atoms with van der Waals surface area (Å²) in [7, 11) is 0. The largest absolute Gasteiger partial charge is 0.388 e. The maximum Gasteiger partial charge on any atom is 0.269 e. The molecule has 1 aromatic heterocycles. The van der Waals surface area contributed by atoms with E-state index in [0.29, 0.717) is 18.0 Å². The predicted molar refractivity (Wildman–Crippen MR) is 65.6 cm³/mol. The molecule has 1 atom stereocenters. The average molecular weight is 239 g/mol. The first-order valence-corrected chi connectivity index (χ1v) is 5.91. The number of aromatic nitrogens is 2. The highest BCUT2D eigenvalue weighted by Crippen LogP contribution is 2.15. The Hall–Kier alpha value is -1.36.